The van der Waals surface area contributed by atoms with Crippen LogP contribution in [0.2, 0.25) is 0 Å². The van der Waals surface area contributed by atoms with Crippen molar-refractivity contribution < 1.29 is 33.5 Å². The van der Waals surface area contributed by atoms with E-state index in [1.165, 1.54) is 25.2 Å². The van der Waals surface area contributed by atoms with Crippen LogP contribution in [0, 0.1) is 0 Å². The van der Waals surface area contributed by atoms with Gasteiger partial charge in [-0.05, 0) is 24.3 Å². The van der Waals surface area contributed by atoms with Gasteiger partial charge >= 0.3 is 12.1 Å². The van der Waals surface area contributed by atoms with Gasteiger partial charge in [-0.1, -0.05) is 11.8 Å². The molecule has 3 aromatic rings. The van der Waals surface area contributed by atoms with E-state index in [1.54, 1.807) is 0 Å². The van der Waals surface area contributed by atoms with Crippen molar-refractivity contribution in [2.24, 2.45) is 7.05 Å². The Balaban J connectivity index is 2.04. The third-order valence-electron chi connectivity index (χ3n) is 3.68. The highest BCUT2D eigenvalue weighted by Gasteiger charge is 2.34. The molecular formula is C15H13F3N6O4S. The van der Waals surface area contributed by atoms with E-state index in [1.807, 2.05) is 0 Å². The lowest BCUT2D eigenvalue weighted by Gasteiger charge is -2.12. The van der Waals surface area contributed by atoms with Crippen LogP contribution in [-0.2, 0) is 18.0 Å². The number of benzene rings is 1. The molecule has 4 N–H and O–H groups in total. The first-order valence-corrected chi connectivity index (χ1v) is 8.75. The molecule has 1 aromatic carbocycles. The maximum Gasteiger partial charge on any atom is 0.435 e. The number of thioether (sulfide) groups is 1. The first kappa shape index (κ1) is 20.6. The number of aryl methyl sites for hydroxylation is 1. The van der Waals surface area contributed by atoms with Gasteiger partial charge in [-0.2, -0.15) is 18.3 Å². The molecule has 2 aromatic heterocycles. The molecule has 0 unspecified atom stereocenters. The van der Waals surface area contributed by atoms with Gasteiger partial charge < -0.3 is 5.11 Å². The van der Waals surface area contributed by atoms with E-state index in [0.717, 1.165) is 22.5 Å². The van der Waals surface area contributed by atoms with Crippen LogP contribution in [-0.4, -0.2) is 52.2 Å². The molecule has 0 atom stereocenters. The van der Waals surface area contributed by atoms with Crippen molar-refractivity contribution in [1.82, 2.24) is 25.0 Å². The molecule has 154 valence electrons. The molecule has 0 fully saturated rings. The van der Waals surface area contributed by atoms with Crippen molar-refractivity contribution in [2.75, 3.05) is 11.0 Å². The molecule has 2 heterocycles. The number of carboxylic acid groups (broad SMARTS) is 1. The van der Waals surface area contributed by atoms with Gasteiger partial charge in [-0.15, -0.1) is 10.3 Å². The van der Waals surface area contributed by atoms with Crippen LogP contribution in [0.15, 0.2) is 29.4 Å². The van der Waals surface area contributed by atoms with Crippen LogP contribution < -0.4 is 5.23 Å². The fourth-order valence-electron chi connectivity index (χ4n) is 2.45. The first-order valence-electron chi connectivity index (χ1n) is 7.76. The second kappa shape index (κ2) is 7.73. The summed E-state index contributed by atoms with van der Waals surface area (Å²) in [6.07, 6.45) is -4.64. The van der Waals surface area contributed by atoms with Gasteiger partial charge in [0.2, 0.25) is 5.16 Å². The number of anilines is 1. The van der Waals surface area contributed by atoms with E-state index in [-0.39, 0.29) is 44.5 Å². The summed E-state index contributed by atoms with van der Waals surface area (Å²) in [4.78, 5) is 14.7. The minimum atomic E-state index is -4.64. The molecule has 29 heavy (non-hydrogen) atoms. The Morgan fingerprint density at radius 3 is 2.52 bits per heavy atom. The fraction of sp³-hybridized carbons (Fsp3) is 0.200. The first-order chi connectivity index (χ1) is 13.5. The third-order valence-corrected chi connectivity index (χ3v) is 4.51. The molecule has 0 radical (unpaired) electrons. The Labute approximate surface area is 164 Å². The van der Waals surface area contributed by atoms with Crippen LogP contribution in [0.5, 0.6) is 0 Å². The summed E-state index contributed by atoms with van der Waals surface area (Å²) in [7, 11) is 1.32. The van der Waals surface area contributed by atoms with E-state index >= 15 is 0 Å². The van der Waals surface area contributed by atoms with Crippen molar-refractivity contribution in [3.63, 3.8) is 0 Å². The molecule has 0 aliphatic rings. The van der Waals surface area contributed by atoms with Gasteiger partial charge in [-0.25, -0.2) is 4.98 Å². The number of alkyl halides is 3. The molecule has 0 amide bonds. The molecule has 0 aliphatic heterocycles. The molecule has 0 aliphatic carbocycles. The number of carbonyl (C=O) groups is 1. The Kier molecular flexibility index (Phi) is 5.50. The summed E-state index contributed by atoms with van der Waals surface area (Å²) in [5.74, 6) is -1.17. The topological polar surface area (TPSA) is 140 Å². The zero-order valence-corrected chi connectivity index (χ0v) is 15.4. The number of nitrogens with one attached hydrogen (secondary N) is 1. The monoisotopic (exact) mass is 430 g/mol. The van der Waals surface area contributed by atoms with Crippen LogP contribution >= 0.6 is 11.8 Å². The summed E-state index contributed by atoms with van der Waals surface area (Å²) in [5.41, 5.74) is -0.702. The predicted molar refractivity (Wildman–Crippen MR) is 93.4 cm³/mol. The number of H-pyrrole nitrogens is 1. The van der Waals surface area contributed by atoms with Crippen LogP contribution in [0.3, 0.4) is 0 Å². The second-order valence-electron chi connectivity index (χ2n) is 5.74. The highest BCUT2D eigenvalue weighted by molar-refractivity contribution is 7.99. The lowest BCUT2D eigenvalue weighted by atomic mass is 10.1. The van der Waals surface area contributed by atoms with Crippen molar-refractivity contribution >= 4 is 23.4 Å². The normalized spacial score (nSPS) is 11.7. The van der Waals surface area contributed by atoms with Gasteiger partial charge in [0.15, 0.2) is 11.5 Å². The van der Waals surface area contributed by atoms with Gasteiger partial charge in [0.05, 0.1) is 17.1 Å². The zero-order chi connectivity index (χ0) is 21.3. The quantitative estimate of drug-likeness (QED) is 0.343. The number of halogens is 3. The highest BCUT2D eigenvalue weighted by Crippen LogP contribution is 2.34. The van der Waals surface area contributed by atoms with Crippen molar-refractivity contribution in [2.45, 2.75) is 11.3 Å². The Morgan fingerprint density at radius 2 is 1.93 bits per heavy atom. The molecular weight excluding hydrogens is 417 g/mol. The Bertz CT molecular complexity index is 1050. The molecule has 3 rings (SSSR count). The van der Waals surface area contributed by atoms with E-state index < -0.39 is 17.8 Å². The van der Waals surface area contributed by atoms with Gasteiger partial charge in [0.25, 0.3) is 0 Å². The number of hydrogen-bond acceptors (Lipinski definition) is 8. The summed E-state index contributed by atoms with van der Waals surface area (Å²) in [5, 5.41) is 37.3. The average molecular weight is 430 g/mol. The lowest BCUT2D eigenvalue weighted by Crippen LogP contribution is -2.11. The Hall–Kier alpha value is -3.10. The maximum absolute atomic E-state index is 12.9. The summed E-state index contributed by atoms with van der Waals surface area (Å²) >= 11 is 0.862. The average Bonchev–Trinajstić information content (AvgIpc) is 3.26. The number of carboxylic acids is 1. The largest absolute Gasteiger partial charge is 0.481 e. The van der Waals surface area contributed by atoms with Crippen LogP contribution in [0.4, 0.5) is 18.9 Å². The van der Waals surface area contributed by atoms with Gasteiger partial charge in [0, 0.05) is 18.2 Å². The SMILES string of the molecule is Cn1nc(C(F)(F)F)cc1-c1cc(-c2nc(SCC(=O)O)n[nH]2)cc(N(O)O)c1. The van der Waals surface area contributed by atoms with E-state index in [0.29, 0.717) is 0 Å². The van der Waals surface area contributed by atoms with E-state index in [2.05, 4.69) is 20.3 Å². The number of rotatable bonds is 6. The third kappa shape index (κ3) is 4.67. The lowest BCUT2D eigenvalue weighted by molar-refractivity contribution is -0.141. The van der Waals surface area contributed by atoms with Gasteiger partial charge in [-0.3, -0.25) is 25.0 Å². The minimum absolute atomic E-state index is 0.0715. The van der Waals surface area contributed by atoms with Crippen molar-refractivity contribution in [1.29, 1.82) is 0 Å². The smallest absolute Gasteiger partial charge is 0.435 e. The van der Waals surface area contributed by atoms with E-state index in [9.17, 15) is 28.4 Å². The highest BCUT2D eigenvalue weighted by atomic mass is 32.2. The second-order valence-corrected chi connectivity index (χ2v) is 6.69. The number of aromatic amines is 1. The maximum atomic E-state index is 12.9. The molecule has 14 heteroatoms. The molecule has 10 nitrogen and oxygen atoms in total. The molecule has 0 bridgehead atoms. The molecule has 0 spiro atoms. The zero-order valence-electron chi connectivity index (χ0n) is 14.5. The summed E-state index contributed by atoms with van der Waals surface area (Å²) in [6, 6.07) is 4.83. The number of aliphatic carboxylic acids is 1. The van der Waals surface area contributed by atoms with Crippen LogP contribution in [0.25, 0.3) is 22.6 Å². The van der Waals surface area contributed by atoms with Gasteiger partial charge in [0.1, 0.15) is 0 Å². The summed E-state index contributed by atoms with van der Waals surface area (Å²) in [6.45, 7) is 0. The van der Waals surface area contributed by atoms with E-state index in [4.69, 9.17) is 5.11 Å². The number of aromatic nitrogens is 5. The number of hydrogen-bond donors (Lipinski definition) is 4. The Morgan fingerprint density at radius 1 is 1.24 bits per heavy atom. The summed E-state index contributed by atoms with van der Waals surface area (Å²) < 4.78 is 39.9. The van der Waals surface area contributed by atoms with Crippen molar-refractivity contribution in [3.05, 3.63) is 30.0 Å². The fourth-order valence-corrected chi connectivity index (χ4v) is 2.97. The van der Waals surface area contributed by atoms with Crippen LogP contribution in [0.1, 0.15) is 5.69 Å². The number of nitrogens with zero attached hydrogens (tertiary/aromatic N) is 5. The standard InChI is InChI=1S/C15H13F3N6O4S/c1-23-10(5-11(22-23)15(16,17)18)7-2-8(4-9(3-7)24(27)28)13-19-14(21-20-13)29-6-12(25)26/h2-5,27-28H,6H2,1H3,(H,25,26)(H,19,20,21). The molecule has 0 saturated carbocycles. The minimum Gasteiger partial charge on any atom is -0.481 e. The predicted octanol–water partition coefficient (Wildman–Crippen LogP) is 2.65. The van der Waals surface area contributed by atoms with Crippen molar-refractivity contribution in [3.8, 4) is 22.6 Å². The molecule has 0 saturated heterocycles.